The second-order valence-electron chi connectivity index (χ2n) is 3.10. The molecule has 0 heterocycles. The summed E-state index contributed by atoms with van der Waals surface area (Å²) in [6, 6.07) is 7.44. The number of hydrogen-bond donors (Lipinski definition) is 3. The van der Waals surface area contributed by atoms with Crippen LogP contribution in [0.2, 0.25) is 0 Å². The molecule has 4 N–H and O–H groups in total. The van der Waals surface area contributed by atoms with Crippen molar-refractivity contribution in [3.63, 3.8) is 0 Å². The molecule has 0 spiro atoms. The fourth-order valence-corrected chi connectivity index (χ4v) is 1.21. The van der Waals surface area contributed by atoms with Crippen LogP contribution in [-0.2, 0) is 6.54 Å². The van der Waals surface area contributed by atoms with Crippen molar-refractivity contribution in [3.05, 3.63) is 35.4 Å². The minimum absolute atomic E-state index is 0.207. The van der Waals surface area contributed by atoms with Crippen molar-refractivity contribution in [1.29, 1.82) is 0 Å². The van der Waals surface area contributed by atoms with Gasteiger partial charge in [0.2, 0.25) is 0 Å². The average Bonchev–Trinajstić information content (AvgIpc) is 2.34. The van der Waals surface area contributed by atoms with Crippen LogP contribution >= 0.6 is 0 Å². The minimum atomic E-state index is -0.207. The Morgan fingerprint density at radius 3 is 2.88 bits per heavy atom. The van der Waals surface area contributed by atoms with Crippen LogP contribution in [0.3, 0.4) is 0 Å². The quantitative estimate of drug-likeness (QED) is 0.629. The predicted octanol–water partition coefficient (Wildman–Crippen LogP) is 0.426. The SMILES string of the molecule is CNC(=O)NCc1ccccc1C#CCN. The molecular formula is C12H15N3O. The van der Waals surface area contributed by atoms with Gasteiger partial charge in [0.05, 0.1) is 6.54 Å². The first-order valence-electron chi connectivity index (χ1n) is 5.00. The molecule has 0 saturated heterocycles. The summed E-state index contributed by atoms with van der Waals surface area (Å²) < 4.78 is 0. The summed E-state index contributed by atoms with van der Waals surface area (Å²) in [4.78, 5) is 11.0. The Bertz CT molecular complexity index is 418. The summed E-state index contributed by atoms with van der Waals surface area (Å²) in [5.74, 6) is 5.76. The number of carbonyl (C=O) groups is 1. The van der Waals surface area contributed by atoms with Crippen molar-refractivity contribution in [2.75, 3.05) is 13.6 Å². The fraction of sp³-hybridized carbons (Fsp3) is 0.250. The number of benzene rings is 1. The molecule has 0 fully saturated rings. The molecule has 0 atom stereocenters. The van der Waals surface area contributed by atoms with E-state index in [0.717, 1.165) is 11.1 Å². The molecule has 4 nitrogen and oxygen atoms in total. The monoisotopic (exact) mass is 217 g/mol. The normalized spacial score (nSPS) is 8.88. The third kappa shape index (κ3) is 3.64. The molecule has 0 aliphatic rings. The van der Waals surface area contributed by atoms with Gasteiger partial charge in [-0.1, -0.05) is 30.0 Å². The van der Waals surface area contributed by atoms with Crippen molar-refractivity contribution in [3.8, 4) is 11.8 Å². The third-order valence-electron chi connectivity index (χ3n) is 2.01. The lowest BCUT2D eigenvalue weighted by Crippen LogP contribution is -2.32. The molecule has 16 heavy (non-hydrogen) atoms. The molecule has 0 unspecified atom stereocenters. The fourth-order valence-electron chi connectivity index (χ4n) is 1.21. The molecule has 1 rings (SSSR count). The summed E-state index contributed by atoms with van der Waals surface area (Å²) in [6.07, 6.45) is 0. The highest BCUT2D eigenvalue weighted by Crippen LogP contribution is 2.06. The highest BCUT2D eigenvalue weighted by Gasteiger charge is 2.00. The number of urea groups is 1. The first-order valence-corrected chi connectivity index (χ1v) is 5.00. The molecule has 0 aliphatic heterocycles. The van der Waals surface area contributed by atoms with Crippen molar-refractivity contribution < 1.29 is 4.79 Å². The maximum atomic E-state index is 11.0. The van der Waals surface area contributed by atoms with Gasteiger partial charge in [0.15, 0.2) is 0 Å². The van der Waals surface area contributed by atoms with E-state index in [-0.39, 0.29) is 6.03 Å². The van der Waals surface area contributed by atoms with Gasteiger partial charge in [-0.05, 0) is 11.6 Å². The lowest BCUT2D eigenvalue weighted by Gasteiger charge is -2.06. The largest absolute Gasteiger partial charge is 0.341 e. The Balaban J connectivity index is 2.75. The van der Waals surface area contributed by atoms with Crippen LogP contribution in [-0.4, -0.2) is 19.6 Å². The number of hydrogen-bond acceptors (Lipinski definition) is 2. The topological polar surface area (TPSA) is 67.2 Å². The number of nitrogens with one attached hydrogen (secondary N) is 2. The number of nitrogens with two attached hydrogens (primary N) is 1. The zero-order valence-corrected chi connectivity index (χ0v) is 9.21. The maximum absolute atomic E-state index is 11.0. The highest BCUT2D eigenvalue weighted by molar-refractivity contribution is 5.73. The first kappa shape index (κ1) is 12.1. The van der Waals surface area contributed by atoms with Gasteiger partial charge in [0.25, 0.3) is 0 Å². The molecule has 1 aromatic rings. The van der Waals surface area contributed by atoms with Gasteiger partial charge < -0.3 is 16.4 Å². The van der Waals surface area contributed by atoms with E-state index in [9.17, 15) is 4.79 Å². The smallest absolute Gasteiger partial charge is 0.314 e. The molecule has 84 valence electrons. The second-order valence-corrected chi connectivity index (χ2v) is 3.10. The molecule has 0 saturated carbocycles. The Morgan fingerprint density at radius 1 is 1.44 bits per heavy atom. The molecule has 0 aromatic heterocycles. The van der Waals surface area contributed by atoms with Crippen LogP contribution in [0, 0.1) is 11.8 Å². The van der Waals surface area contributed by atoms with Crippen LogP contribution in [0.4, 0.5) is 4.79 Å². The standard InChI is InChI=1S/C12H15N3O/c1-14-12(16)15-9-11-6-3-2-5-10(11)7-4-8-13/h2-3,5-6H,8-9,13H2,1H3,(H2,14,15,16). The van der Waals surface area contributed by atoms with E-state index in [1.165, 1.54) is 0 Å². The summed E-state index contributed by atoms with van der Waals surface area (Å²) in [5.41, 5.74) is 7.19. The van der Waals surface area contributed by atoms with E-state index in [4.69, 9.17) is 5.73 Å². The van der Waals surface area contributed by atoms with Crippen molar-refractivity contribution in [2.45, 2.75) is 6.54 Å². The van der Waals surface area contributed by atoms with Crippen LogP contribution in [0.25, 0.3) is 0 Å². The van der Waals surface area contributed by atoms with Crippen molar-refractivity contribution >= 4 is 6.03 Å². The Morgan fingerprint density at radius 2 is 2.19 bits per heavy atom. The molecule has 2 amide bonds. The zero-order valence-electron chi connectivity index (χ0n) is 9.21. The van der Waals surface area contributed by atoms with Gasteiger partial charge in [-0.15, -0.1) is 0 Å². The van der Waals surface area contributed by atoms with Gasteiger partial charge in [0.1, 0.15) is 0 Å². The summed E-state index contributed by atoms with van der Waals surface area (Å²) in [7, 11) is 1.58. The number of carbonyl (C=O) groups excluding carboxylic acids is 1. The van der Waals surface area contributed by atoms with E-state index in [2.05, 4.69) is 22.5 Å². The first-order chi connectivity index (χ1) is 7.77. The van der Waals surface area contributed by atoms with Gasteiger partial charge in [-0.3, -0.25) is 0 Å². The Hall–Kier alpha value is -1.99. The third-order valence-corrected chi connectivity index (χ3v) is 2.01. The van der Waals surface area contributed by atoms with Crippen molar-refractivity contribution in [2.24, 2.45) is 5.73 Å². The summed E-state index contributed by atoms with van der Waals surface area (Å²) in [6.45, 7) is 0.784. The van der Waals surface area contributed by atoms with E-state index in [1.54, 1.807) is 7.05 Å². The van der Waals surface area contributed by atoms with Crippen LogP contribution < -0.4 is 16.4 Å². The predicted molar refractivity (Wildman–Crippen MR) is 63.7 cm³/mol. The molecule has 4 heteroatoms. The zero-order chi connectivity index (χ0) is 11.8. The molecule has 0 radical (unpaired) electrons. The maximum Gasteiger partial charge on any atom is 0.314 e. The Labute approximate surface area is 95.2 Å². The second kappa shape index (κ2) is 6.49. The summed E-state index contributed by atoms with van der Waals surface area (Å²) in [5, 5.41) is 5.21. The van der Waals surface area contributed by atoms with E-state index >= 15 is 0 Å². The molecule has 0 aliphatic carbocycles. The van der Waals surface area contributed by atoms with Gasteiger partial charge in [-0.2, -0.15) is 0 Å². The van der Waals surface area contributed by atoms with Crippen LogP contribution in [0.5, 0.6) is 0 Å². The van der Waals surface area contributed by atoms with Crippen molar-refractivity contribution in [1.82, 2.24) is 10.6 Å². The molecule has 0 bridgehead atoms. The molecule has 1 aromatic carbocycles. The van der Waals surface area contributed by atoms with Gasteiger partial charge >= 0.3 is 6.03 Å². The van der Waals surface area contributed by atoms with E-state index in [0.29, 0.717) is 13.1 Å². The Kier molecular flexibility index (Phi) is 4.90. The van der Waals surface area contributed by atoms with E-state index in [1.807, 2.05) is 24.3 Å². The number of rotatable bonds is 2. The minimum Gasteiger partial charge on any atom is -0.341 e. The van der Waals surface area contributed by atoms with Crippen LogP contribution in [0.1, 0.15) is 11.1 Å². The average molecular weight is 217 g/mol. The lowest BCUT2D eigenvalue weighted by molar-refractivity contribution is 0.242. The number of amides is 2. The molecular weight excluding hydrogens is 202 g/mol. The van der Waals surface area contributed by atoms with E-state index < -0.39 is 0 Å². The van der Waals surface area contributed by atoms with Gasteiger partial charge in [-0.25, -0.2) is 4.79 Å². The lowest BCUT2D eigenvalue weighted by atomic mass is 10.1. The van der Waals surface area contributed by atoms with Gasteiger partial charge in [0, 0.05) is 19.2 Å². The summed E-state index contributed by atoms with van der Waals surface area (Å²) >= 11 is 0. The van der Waals surface area contributed by atoms with Crippen LogP contribution in [0.15, 0.2) is 24.3 Å². The highest BCUT2D eigenvalue weighted by atomic mass is 16.2.